The van der Waals surface area contributed by atoms with E-state index < -0.39 is 23.8 Å². The highest BCUT2D eigenvalue weighted by Gasteiger charge is 2.44. The van der Waals surface area contributed by atoms with Crippen molar-refractivity contribution in [1.82, 2.24) is 0 Å². The van der Waals surface area contributed by atoms with E-state index in [1.54, 1.807) is 6.92 Å². The van der Waals surface area contributed by atoms with E-state index >= 15 is 0 Å². The highest BCUT2D eigenvalue weighted by Crippen LogP contribution is 2.27. The molecule has 0 aromatic rings. The van der Waals surface area contributed by atoms with Crippen molar-refractivity contribution in [3.63, 3.8) is 0 Å². The molecule has 1 N–H and O–H groups in total. The van der Waals surface area contributed by atoms with Gasteiger partial charge in [-0.15, -0.1) is 0 Å². The zero-order chi connectivity index (χ0) is 12.1. The molecule has 0 fully saturated rings. The van der Waals surface area contributed by atoms with Gasteiger partial charge in [-0.3, -0.25) is 4.79 Å². The lowest BCUT2D eigenvalue weighted by Gasteiger charge is -2.35. The Balaban J connectivity index is 4.85. The molecule has 0 heterocycles. The van der Waals surface area contributed by atoms with Crippen molar-refractivity contribution in [3.05, 3.63) is 0 Å². The van der Waals surface area contributed by atoms with Crippen LogP contribution in [0.2, 0.25) is 0 Å². The summed E-state index contributed by atoms with van der Waals surface area (Å²) in [4.78, 5) is 11.4. The van der Waals surface area contributed by atoms with Gasteiger partial charge in [-0.25, -0.2) is 0 Å². The monoisotopic (exact) mass is 220 g/mol. The maximum absolute atomic E-state index is 11.4. The van der Waals surface area contributed by atoms with Crippen LogP contribution in [0.1, 0.15) is 20.3 Å². The topological polar surface area (TPSA) is 65.0 Å². The van der Waals surface area contributed by atoms with Gasteiger partial charge in [0.2, 0.25) is 0 Å². The van der Waals surface area contributed by atoms with Gasteiger partial charge in [-0.1, -0.05) is 6.92 Å². The first-order valence-electron chi connectivity index (χ1n) is 4.81. The van der Waals surface area contributed by atoms with E-state index in [9.17, 15) is 9.90 Å². The minimum atomic E-state index is -1.41. The van der Waals surface area contributed by atoms with Gasteiger partial charge in [-0.2, -0.15) is 0 Å². The van der Waals surface area contributed by atoms with Gasteiger partial charge in [0.05, 0.1) is 13.0 Å². The number of ether oxygens (including phenoxy) is 3. The van der Waals surface area contributed by atoms with E-state index in [0.29, 0.717) is 6.42 Å². The molecule has 5 heteroatoms. The third-order valence-corrected chi connectivity index (χ3v) is 2.50. The quantitative estimate of drug-likeness (QED) is 0.523. The summed E-state index contributed by atoms with van der Waals surface area (Å²) >= 11 is 0. The predicted octanol–water partition coefficient (Wildman–Crippen LogP) is 0.555. The number of carbonyl (C=O) groups is 1. The lowest BCUT2D eigenvalue weighted by molar-refractivity contribution is -0.231. The number of methoxy groups -OCH3 is 3. The normalized spacial score (nSPS) is 17.3. The molecule has 0 aromatic carbocycles. The second-order valence-electron chi connectivity index (χ2n) is 3.51. The van der Waals surface area contributed by atoms with E-state index in [1.165, 1.54) is 28.3 Å². The van der Waals surface area contributed by atoms with Crippen molar-refractivity contribution in [2.24, 2.45) is 5.92 Å². The molecule has 0 saturated carbocycles. The summed E-state index contributed by atoms with van der Waals surface area (Å²) in [5, 5.41) is 10.2. The number of rotatable bonds is 6. The van der Waals surface area contributed by atoms with Crippen molar-refractivity contribution >= 4 is 5.97 Å². The number of carbonyl (C=O) groups excluding carboxylic acids is 1. The molecular formula is C10H20O5. The van der Waals surface area contributed by atoms with Crippen molar-refractivity contribution in [1.29, 1.82) is 0 Å². The summed E-state index contributed by atoms with van der Waals surface area (Å²) in [5.74, 6) is -1.14. The SMILES string of the molecule is CCC(C(=O)OC)C(C)(O)C(OC)OC. The Labute approximate surface area is 90.3 Å². The van der Waals surface area contributed by atoms with Gasteiger partial charge in [0.1, 0.15) is 5.60 Å². The first-order valence-corrected chi connectivity index (χ1v) is 4.81. The summed E-state index contributed by atoms with van der Waals surface area (Å²) in [6.45, 7) is 3.29. The highest BCUT2D eigenvalue weighted by molar-refractivity contribution is 5.73. The minimum Gasteiger partial charge on any atom is -0.469 e. The van der Waals surface area contributed by atoms with E-state index in [4.69, 9.17) is 9.47 Å². The Bertz CT molecular complexity index is 198. The first kappa shape index (κ1) is 14.3. The van der Waals surface area contributed by atoms with Crippen molar-refractivity contribution in [3.8, 4) is 0 Å². The maximum Gasteiger partial charge on any atom is 0.311 e. The molecule has 0 aliphatic rings. The molecule has 0 bridgehead atoms. The van der Waals surface area contributed by atoms with Gasteiger partial charge in [0, 0.05) is 14.2 Å². The summed E-state index contributed by atoms with van der Waals surface area (Å²) < 4.78 is 14.5. The molecular weight excluding hydrogens is 200 g/mol. The number of hydrogen-bond donors (Lipinski definition) is 1. The van der Waals surface area contributed by atoms with Crippen LogP contribution in [0, 0.1) is 5.92 Å². The van der Waals surface area contributed by atoms with Gasteiger partial charge in [0.25, 0.3) is 0 Å². The standard InChI is InChI=1S/C10H20O5/c1-6-7(8(11)13-3)10(2,12)9(14-4)15-5/h7,9,12H,6H2,1-5H3. The number of esters is 1. The summed E-state index contributed by atoms with van der Waals surface area (Å²) in [6, 6.07) is 0. The Morgan fingerprint density at radius 3 is 2.07 bits per heavy atom. The minimum absolute atomic E-state index is 0.447. The molecule has 0 aromatic heterocycles. The fourth-order valence-corrected chi connectivity index (χ4v) is 1.70. The van der Waals surface area contributed by atoms with Crippen molar-refractivity contribution in [2.45, 2.75) is 32.2 Å². The van der Waals surface area contributed by atoms with E-state index in [1.807, 2.05) is 0 Å². The molecule has 2 unspecified atom stereocenters. The lowest BCUT2D eigenvalue weighted by Crippen LogP contribution is -2.51. The highest BCUT2D eigenvalue weighted by atomic mass is 16.7. The van der Waals surface area contributed by atoms with Crippen LogP contribution >= 0.6 is 0 Å². The molecule has 15 heavy (non-hydrogen) atoms. The maximum atomic E-state index is 11.4. The summed E-state index contributed by atoms with van der Waals surface area (Å²) in [5.41, 5.74) is -1.41. The van der Waals surface area contributed by atoms with Crippen LogP contribution in [0.3, 0.4) is 0 Å². The van der Waals surface area contributed by atoms with Crippen LogP contribution in [0.5, 0.6) is 0 Å². The third-order valence-electron chi connectivity index (χ3n) is 2.50. The van der Waals surface area contributed by atoms with Gasteiger partial charge < -0.3 is 19.3 Å². The van der Waals surface area contributed by atoms with Gasteiger partial charge in [-0.05, 0) is 13.3 Å². The number of aliphatic hydroxyl groups is 1. The average Bonchev–Trinajstić information content (AvgIpc) is 2.19. The smallest absolute Gasteiger partial charge is 0.311 e. The van der Waals surface area contributed by atoms with E-state index in [2.05, 4.69) is 4.74 Å². The first-order chi connectivity index (χ1) is 6.95. The Morgan fingerprint density at radius 2 is 1.80 bits per heavy atom. The van der Waals surface area contributed by atoms with E-state index in [-0.39, 0.29) is 0 Å². The second-order valence-corrected chi connectivity index (χ2v) is 3.51. The molecule has 5 nitrogen and oxygen atoms in total. The molecule has 2 atom stereocenters. The molecule has 0 aliphatic heterocycles. The van der Waals surface area contributed by atoms with Crippen LogP contribution in [-0.2, 0) is 19.0 Å². The fraction of sp³-hybridized carbons (Fsp3) is 0.900. The van der Waals surface area contributed by atoms with Crippen molar-refractivity contribution < 1.29 is 24.1 Å². The van der Waals surface area contributed by atoms with Crippen LogP contribution < -0.4 is 0 Å². The summed E-state index contributed by atoms with van der Waals surface area (Å²) in [6.07, 6.45) is -0.412. The summed E-state index contributed by atoms with van der Waals surface area (Å²) in [7, 11) is 4.11. The zero-order valence-electron chi connectivity index (χ0n) is 9.94. The van der Waals surface area contributed by atoms with Gasteiger partial charge in [0.15, 0.2) is 6.29 Å². The van der Waals surface area contributed by atoms with Crippen LogP contribution in [0.4, 0.5) is 0 Å². The molecule has 90 valence electrons. The Hall–Kier alpha value is -0.650. The van der Waals surface area contributed by atoms with Crippen molar-refractivity contribution in [2.75, 3.05) is 21.3 Å². The lowest BCUT2D eigenvalue weighted by atomic mass is 9.86. The van der Waals surface area contributed by atoms with E-state index in [0.717, 1.165) is 0 Å². The molecule has 0 radical (unpaired) electrons. The predicted molar refractivity (Wildman–Crippen MR) is 54.2 cm³/mol. The Kier molecular flexibility index (Phi) is 5.79. The zero-order valence-corrected chi connectivity index (χ0v) is 9.94. The molecule has 0 amide bonds. The Morgan fingerprint density at radius 1 is 1.33 bits per heavy atom. The van der Waals surface area contributed by atoms with Crippen LogP contribution in [0.15, 0.2) is 0 Å². The van der Waals surface area contributed by atoms with Crippen LogP contribution in [-0.4, -0.2) is 44.3 Å². The molecule has 0 saturated heterocycles. The second kappa shape index (κ2) is 6.05. The fourth-order valence-electron chi connectivity index (χ4n) is 1.70. The largest absolute Gasteiger partial charge is 0.469 e. The third kappa shape index (κ3) is 3.15. The van der Waals surface area contributed by atoms with Gasteiger partial charge >= 0.3 is 5.97 Å². The molecule has 0 aliphatic carbocycles. The average molecular weight is 220 g/mol. The molecule has 0 spiro atoms. The number of hydrogen-bond acceptors (Lipinski definition) is 5. The van der Waals surface area contributed by atoms with Crippen LogP contribution in [0.25, 0.3) is 0 Å². The molecule has 0 rings (SSSR count).